The Hall–Kier alpha value is -1.87. The third kappa shape index (κ3) is 2.61. The fraction of sp³-hybridized carbons (Fsp3) is 0.188. The Kier molecular flexibility index (Phi) is 3.47. The van der Waals surface area contributed by atoms with Crippen LogP contribution in [0.3, 0.4) is 0 Å². The van der Waals surface area contributed by atoms with Crippen molar-refractivity contribution in [2.24, 2.45) is 0 Å². The van der Waals surface area contributed by atoms with Crippen molar-refractivity contribution in [2.45, 2.75) is 13.3 Å². The molecule has 3 aromatic rings. The van der Waals surface area contributed by atoms with Gasteiger partial charge in [0.05, 0.1) is 5.69 Å². The van der Waals surface area contributed by atoms with Crippen molar-refractivity contribution in [1.29, 1.82) is 0 Å². The van der Waals surface area contributed by atoms with Crippen LogP contribution in [-0.2, 0) is 0 Å². The zero-order valence-corrected chi connectivity index (χ0v) is 11.7. The fourth-order valence-electron chi connectivity index (χ4n) is 2.07. The van der Waals surface area contributed by atoms with Gasteiger partial charge in [0.2, 0.25) is 0 Å². The Labute approximate surface area is 117 Å². The fourth-order valence-corrected chi connectivity index (χ4v) is 2.82. The van der Waals surface area contributed by atoms with Crippen molar-refractivity contribution in [2.75, 3.05) is 11.9 Å². The second-order valence-electron chi connectivity index (χ2n) is 4.53. The first-order chi connectivity index (χ1) is 9.36. The molecule has 0 spiro atoms. The lowest BCUT2D eigenvalue weighted by atomic mass is 10.1. The lowest BCUT2D eigenvalue weighted by Gasteiger charge is -2.01. The molecule has 2 nitrogen and oxygen atoms in total. The molecule has 0 bridgehead atoms. The number of nitrogens with one attached hydrogen (secondary N) is 1. The van der Waals surface area contributed by atoms with E-state index in [0.717, 1.165) is 23.8 Å². The number of hydrogen-bond donors (Lipinski definition) is 1. The van der Waals surface area contributed by atoms with Gasteiger partial charge in [-0.15, -0.1) is 11.3 Å². The molecule has 0 saturated carbocycles. The minimum Gasteiger partial charge on any atom is -0.362 e. The van der Waals surface area contributed by atoms with Gasteiger partial charge in [0, 0.05) is 17.5 Å². The number of hydrogen-bond acceptors (Lipinski definition) is 3. The van der Waals surface area contributed by atoms with Crippen LogP contribution in [0.25, 0.3) is 22.0 Å². The van der Waals surface area contributed by atoms with E-state index in [0.29, 0.717) is 0 Å². The molecule has 0 fully saturated rings. The van der Waals surface area contributed by atoms with Crippen molar-refractivity contribution in [3.63, 3.8) is 0 Å². The van der Waals surface area contributed by atoms with E-state index < -0.39 is 0 Å². The number of nitrogens with zero attached hydrogens (tertiary/aromatic N) is 1. The first-order valence-corrected chi connectivity index (χ1v) is 7.43. The summed E-state index contributed by atoms with van der Waals surface area (Å²) in [7, 11) is 0. The quantitative estimate of drug-likeness (QED) is 0.736. The number of rotatable bonds is 4. The van der Waals surface area contributed by atoms with Gasteiger partial charge in [-0.2, -0.15) is 0 Å². The highest BCUT2D eigenvalue weighted by Gasteiger charge is 2.04. The number of anilines is 1. The lowest BCUT2D eigenvalue weighted by Crippen LogP contribution is -1.98. The van der Waals surface area contributed by atoms with Crippen molar-refractivity contribution < 1.29 is 0 Å². The summed E-state index contributed by atoms with van der Waals surface area (Å²) in [6.07, 6.45) is 1.12. The predicted molar refractivity (Wildman–Crippen MR) is 83.8 cm³/mol. The van der Waals surface area contributed by atoms with Crippen LogP contribution in [0.15, 0.2) is 47.8 Å². The summed E-state index contributed by atoms with van der Waals surface area (Å²) < 4.78 is 0. The summed E-state index contributed by atoms with van der Waals surface area (Å²) >= 11 is 1.67. The Morgan fingerprint density at radius 2 is 1.95 bits per heavy atom. The molecule has 3 heteroatoms. The number of fused-ring (bicyclic) bond motifs is 1. The first kappa shape index (κ1) is 12.2. The third-order valence-corrected chi connectivity index (χ3v) is 3.88. The zero-order valence-electron chi connectivity index (χ0n) is 10.9. The molecule has 1 heterocycles. The van der Waals surface area contributed by atoms with Crippen molar-refractivity contribution in [3.8, 4) is 11.3 Å². The van der Waals surface area contributed by atoms with Crippen molar-refractivity contribution in [3.05, 3.63) is 47.8 Å². The van der Waals surface area contributed by atoms with Crippen LogP contribution >= 0.6 is 11.3 Å². The minimum atomic E-state index is 0.977. The van der Waals surface area contributed by atoms with E-state index in [9.17, 15) is 0 Å². The van der Waals surface area contributed by atoms with Gasteiger partial charge in [0.1, 0.15) is 0 Å². The van der Waals surface area contributed by atoms with Crippen molar-refractivity contribution >= 4 is 27.2 Å². The summed E-state index contributed by atoms with van der Waals surface area (Å²) in [4.78, 5) is 4.63. The summed E-state index contributed by atoms with van der Waals surface area (Å²) in [6, 6.07) is 14.9. The van der Waals surface area contributed by atoms with Crippen LogP contribution in [0.1, 0.15) is 13.3 Å². The Bertz CT molecular complexity index is 688. The van der Waals surface area contributed by atoms with Gasteiger partial charge >= 0.3 is 0 Å². The van der Waals surface area contributed by atoms with E-state index in [1.807, 2.05) is 0 Å². The molecule has 0 unspecified atom stereocenters. The number of thiazole rings is 1. The Morgan fingerprint density at radius 1 is 1.11 bits per heavy atom. The molecule has 1 aromatic heterocycles. The molecule has 0 amide bonds. The van der Waals surface area contributed by atoms with Crippen LogP contribution in [0.2, 0.25) is 0 Å². The molecule has 3 rings (SSSR count). The minimum absolute atomic E-state index is 0.977. The maximum absolute atomic E-state index is 4.63. The number of benzene rings is 2. The molecule has 0 aliphatic heterocycles. The summed E-state index contributed by atoms with van der Waals surface area (Å²) in [6.45, 7) is 3.13. The average molecular weight is 268 g/mol. The molecule has 0 atom stereocenters. The monoisotopic (exact) mass is 268 g/mol. The van der Waals surface area contributed by atoms with E-state index in [1.165, 1.54) is 16.3 Å². The molecular weight excluding hydrogens is 252 g/mol. The second kappa shape index (κ2) is 5.41. The van der Waals surface area contributed by atoms with Gasteiger partial charge in [-0.25, -0.2) is 4.98 Å². The second-order valence-corrected chi connectivity index (χ2v) is 5.38. The van der Waals surface area contributed by atoms with Gasteiger partial charge in [-0.3, -0.25) is 0 Å². The summed E-state index contributed by atoms with van der Waals surface area (Å²) in [5.41, 5.74) is 2.23. The summed E-state index contributed by atoms with van der Waals surface area (Å²) in [5.74, 6) is 0. The van der Waals surface area contributed by atoms with Crippen LogP contribution < -0.4 is 5.32 Å². The van der Waals surface area contributed by atoms with Crippen LogP contribution in [-0.4, -0.2) is 11.5 Å². The number of aromatic nitrogens is 1. The van der Waals surface area contributed by atoms with Crippen LogP contribution in [0.5, 0.6) is 0 Å². The Balaban J connectivity index is 1.92. The maximum atomic E-state index is 4.63. The largest absolute Gasteiger partial charge is 0.362 e. The molecule has 96 valence electrons. The average Bonchev–Trinajstić information content (AvgIpc) is 2.93. The summed E-state index contributed by atoms with van der Waals surface area (Å²) in [5, 5.41) is 8.98. The molecule has 0 radical (unpaired) electrons. The van der Waals surface area contributed by atoms with E-state index in [2.05, 4.69) is 65.1 Å². The lowest BCUT2D eigenvalue weighted by molar-refractivity contribution is 0.976. The van der Waals surface area contributed by atoms with Gasteiger partial charge in [-0.05, 0) is 23.3 Å². The van der Waals surface area contributed by atoms with E-state index in [-0.39, 0.29) is 0 Å². The molecule has 19 heavy (non-hydrogen) atoms. The topological polar surface area (TPSA) is 24.9 Å². The normalized spacial score (nSPS) is 10.8. The Morgan fingerprint density at radius 3 is 2.79 bits per heavy atom. The molecule has 1 N–H and O–H groups in total. The molecule has 0 aliphatic carbocycles. The smallest absolute Gasteiger partial charge is 0.183 e. The highest BCUT2D eigenvalue weighted by atomic mass is 32.1. The highest BCUT2D eigenvalue weighted by Crippen LogP contribution is 2.27. The van der Waals surface area contributed by atoms with E-state index in [1.54, 1.807) is 11.3 Å². The standard InChI is InChI=1S/C16H16N2S/c1-2-9-17-16-18-15(11-19-16)14-8-7-12-5-3-4-6-13(12)10-14/h3-8,10-11H,2,9H2,1H3,(H,17,18). The van der Waals surface area contributed by atoms with Gasteiger partial charge < -0.3 is 5.32 Å². The maximum Gasteiger partial charge on any atom is 0.183 e. The van der Waals surface area contributed by atoms with E-state index >= 15 is 0 Å². The molecule has 0 aliphatic rings. The van der Waals surface area contributed by atoms with Crippen LogP contribution in [0.4, 0.5) is 5.13 Å². The van der Waals surface area contributed by atoms with Gasteiger partial charge in [0.25, 0.3) is 0 Å². The predicted octanol–water partition coefficient (Wildman–Crippen LogP) is 4.79. The van der Waals surface area contributed by atoms with Crippen molar-refractivity contribution in [1.82, 2.24) is 4.98 Å². The SMILES string of the molecule is CCCNc1nc(-c2ccc3ccccc3c2)cs1. The molecule has 2 aromatic carbocycles. The molecular formula is C16H16N2S. The molecule has 0 saturated heterocycles. The third-order valence-electron chi connectivity index (χ3n) is 3.08. The van der Waals surface area contributed by atoms with Gasteiger partial charge in [-0.1, -0.05) is 43.3 Å². The highest BCUT2D eigenvalue weighted by molar-refractivity contribution is 7.14. The van der Waals surface area contributed by atoms with Crippen LogP contribution in [0, 0.1) is 0 Å². The zero-order chi connectivity index (χ0) is 13.1. The van der Waals surface area contributed by atoms with Gasteiger partial charge in [0.15, 0.2) is 5.13 Å². The first-order valence-electron chi connectivity index (χ1n) is 6.55. The van der Waals surface area contributed by atoms with E-state index in [4.69, 9.17) is 0 Å².